The fourth-order valence-corrected chi connectivity index (χ4v) is 4.56. The average Bonchev–Trinajstić information content (AvgIpc) is 2.99. The van der Waals surface area contributed by atoms with E-state index in [-0.39, 0.29) is 18.1 Å². The van der Waals surface area contributed by atoms with Crippen molar-refractivity contribution in [2.45, 2.75) is 38.6 Å². The highest BCUT2D eigenvalue weighted by Gasteiger charge is 2.37. The molecule has 1 saturated heterocycles. The van der Waals surface area contributed by atoms with Gasteiger partial charge in [0.15, 0.2) is 0 Å². The number of aliphatic carboxylic acids is 1. The largest absolute Gasteiger partial charge is 0.481 e. The smallest absolute Gasteiger partial charge is 0.307 e. The number of benzene rings is 1. The zero-order chi connectivity index (χ0) is 17.7. The summed E-state index contributed by atoms with van der Waals surface area (Å²) in [5, 5.41) is 11.5. The number of amides is 1. The summed E-state index contributed by atoms with van der Waals surface area (Å²) in [6, 6.07) is 5.82. The molecule has 8 heteroatoms. The first-order valence-electron chi connectivity index (χ1n) is 7.94. The van der Waals surface area contributed by atoms with Crippen LogP contribution >= 0.6 is 0 Å². The third-order valence-electron chi connectivity index (χ3n) is 3.90. The van der Waals surface area contributed by atoms with Crippen LogP contribution in [-0.4, -0.2) is 48.0 Å². The number of hydrogen-bond acceptors (Lipinski definition) is 4. The maximum absolute atomic E-state index is 12.4. The van der Waals surface area contributed by atoms with E-state index in [2.05, 4.69) is 5.32 Å². The van der Waals surface area contributed by atoms with Gasteiger partial charge in [0.1, 0.15) is 6.04 Å². The fourth-order valence-electron chi connectivity index (χ4n) is 2.82. The number of anilines is 1. The normalized spacial score (nSPS) is 18.5. The predicted molar refractivity (Wildman–Crippen MR) is 90.2 cm³/mol. The van der Waals surface area contributed by atoms with Gasteiger partial charge < -0.3 is 10.4 Å². The van der Waals surface area contributed by atoms with Crippen molar-refractivity contribution in [1.29, 1.82) is 0 Å². The summed E-state index contributed by atoms with van der Waals surface area (Å²) in [5.41, 5.74) is 1.15. The van der Waals surface area contributed by atoms with E-state index in [4.69, 9.17) is 5.11 Å². The number of rotatable bonds is 7. The Balaban J connectivity index is 2.04. The molecule has 1 fully saturated rings. The van der Waals surface area contributed by atoms with Crippen molar-refractivity contribution in [3.63, 3.8) is 0 Å². The molecular weight excluding hydrogens is 332 g/mol. The molecule has 1 atom stereocenters. The van der Waals surface area contributed by atoms with Crippen LogP contribution in [0.15, 0.2) is 24.3 Å². The standard InChI is InChI=1S/C16H22N2O5S/c1-2-10-24(22,23)18-9-3-4-14(18)16(21)17-13-7-5-12(6-8-13)11-15(19)20/h5-8,14H,2-4,9-11H2,1H3,(H,17,21)(H,19,20). The Hall–Kier alpha value is -1.93. The van der Waals surface area contributed by atoms with E-state index in [1.165, 1.54) is 4.31 Å². The van der Waals surface area contributed by atoms with E-state index in [1.54, 1.807) is 31.2 Å². The molecule has 0 radical (unpaired) electrons. The molecule has 1 amide bonds. The molecule has 0 saturated carbocycles. The van der Waals surface area contributed by atoms with Crippen molar-refractivity contribution in [1.82, 2.24) is 4.31 Å². The van der Waals surface area contributed by atoms with Gasteiger partial charge in [-0.25, -0.2) is 8.42 Å². The molecule has 0 aliphatic carbocycles. The van der Waals surface area contributed by atoms with Crippen LogP contribution < -0.4 is 5.32 Å². The third kappa shape index (κ3) is 4.55. The number of nitrogens with zero attached hydrogens (tertiary/aromatic N) is 1. The molecule has 1 aromatic rings. The Bertz CT molecular complexity index is 700. The van der Waals surface area contributed by atoms with Crippen LogP contribution in [0.3, 0.4) is 0 Å². The van der Waals surface area contributed by atoms with Crippen LogP contribution in [0.25, 0.3) is 0 Å². The quantitative estimate of drug-likeness (QED) is 0.771. The van der Waals surface area contributed by atoms with E-state index in [0.717, 1.165) is 0 Å². The molecular formula is C16H22N2O5S. The molecule has 1 unspecified atom stereocenters. The Morgan fingerprint density at radius 2 is 1.96 bits per heavy atom. The summed E-state index contributed by atoms with van der Waals surface area (Å²) < 4.78 is 25.8. The summed E-state index contributed by atoms with van der Waals surface area (Å²) in [4.78, 5) is 23.1. The van der Waals surface area contributed by atoms with Crippen LogP contribution in [-0.2, 0) is 26.0 Å². The topological polar surface area (TPSA) is 104 Å². The first kappa shape index (κ1) is 18.4. The highest BCUT2D eigenvalue weighted by atomic mass is 32.2. The monoisotopic (exact) mass is 354 g/mol. The minimum atomic E-state index is -3.41. The van der Waals surface area contributed by atoms with E-state index in [9.17, 15) is 18.0 Å². The van der Waals surface area contributed by atoms with Gasteiger partial charge in [-0.1, -0.05) is 19.1 Å². The minimum absolute atomic E-state index is 0.0423. The van der Waals surface area contributed by atoms with E-state index in [1.807, 2.05) is 0 Å². The average molecular weight is 354 g/mol. The number of hydrogen-bond donors (Lipinski definition) is 2. The molecule has 1 aliphatic rings. The summed E-state index contributed by atoms with van der Waals surface area (Å²) in [5.74, 6) is -1.23. The lowest BCUT2D eigenvalue weighted by atomic mass is 10.1. The van der Waals surface area contributed by atoms with E-state index < -0.39 is 22.0 Å². The SMILES string of the molecule is CCCS(=O)(=O)N1CCCC1C(=O)Nc1ccc(CC(=O)O)cc1. The van der Waals surface area contributed by atoms with Crippen molar-refractivity contribution in [3.05, 3.63) is 29.8 Å². The van der Waals surface area contributed by atoms with Crippen molar-refractivity contribution < 1.29 is 23.1 Å². The van der Waals surface area contributed by atoms with E-state index in [0.29, 0.717) is 37.1 Å². The van der Waals surface area contributed by atoms with Gasteiger partial charge in [-0.05, 0) is 37.0 Å². The molecule has 0 bridgehead atoms. The summed E-state index contributed by atoms with van der Waals surface area (Å²) in [7, 11) is -3.41. The van der Waals surface area contributed by atoms with Crippen LogP contribution in [0.5, 0.6) is 0 Å². The second-order valence-corrected chi connectivity index (χ2v) is 7.88. The maximum atomic E-state index is 12.4. The van der Waals surface area contributed by atoms with Gasteiger partial charge in [0.25, 0.3) is 0 Å². The first-order chi connectivity index (χ1) is 11.3. The Morgan fingerprint density at radius 3 is 2.54 bits per heavy atom. The highest BCUT2D eigenvalue weighted by Crippen LogP contribution is 2.23. The fraction of sp³-hybridized carbons (Fsp3) is 0.500. The van der Waals surface area contributed by atoms with Crippen molar-refractivity contribution in [3.8, 4) is 0 Å². The molecule has 0 spiro atoms. The van der Waals surface area contributed by atoms with Gasteiger partial charge in [-0.2, -0.15) is 4.31 Å². The second kappa shape index (κ2) is 7.76. The van der Waals surface area contributed by atoms with E-state index >= 15 is 0 Å². The van der Waals surface area contributed by atoms with Gasteiger partial charge in [0.05, 0.1) is 12.2 Å². The predicted octanol–water partition coefficient (Wildman–Crippen LogP) is 1.46. The van der Waals surface area contributed by atoms with Gasteiger partial charge in [0, 0.05) is 12.2 Å². The van der Waals surface area contributed by atoms with Crippen molar-refractivity contribution in [2.75, 3.05) is 17.6 Å². The number of carbonyl (C=O) groups is 2. The number of sulfonamides is 1. The molecule has 24 heavy (non-hydrogen) atoms. The summed E-state index contributed by atoms with van der Waals surface area (Å²) >= 11 is 0. The molecule has 1 aromatic carbocycles. The van der Waals surface area contributed by atoms with Crippen LogP contribution in [0.1, 0.15) is 31.7 Å². The Morgan fingerprint density at radius 1 is 1.29 bits per heavy atom. The second-order valence-electron chi connectivity index (χ2n) is 5.84. The first-order valence-corrected chi connectivity index (χ1v) is 9.55. The number of carboxylic acid groups (broad SMARTS) is 1. The molecule has 132 valence electrons. The zero-order valence-electron chi connectivity index (χ0n) is 13.6. The lowest BCUT2D eigenvalue weighted by Gasteiger charge is -2.23. The maximum Gasteiger partial charge on any atom is 0.307 e. The lowest BCUT2D eigenvalue weighted by molar-refractivity contribution is -0.136. The number of nitrogens with one attached hydrogen (secondary N) is 1. The van der Waals surface area contributed by atoms with Gasteiger partial charge in [-0.3, -0.25) is 9.59 Å². The van der Waals surface area contributed by atoms with Crippen molar-refractivity contribution in [2.24, 2.45) is 0 Å². The summed E-state index contributed by atoms with van der Waals surface area (Å²) in [6.07, 6.45) is 1.60. The molecule has 2 N–H and O–H groups in total. The highest BCUT2D eigenvalue weighted by molar-refractivity contribution is 7.89. The lowest BCUT2D eigenvalue weighted by Crippen LogP contribution is -2.44. The van der Waals surface area contributed by atoms with Crippen LogP contribution in [0.2, 0.25) is 0 Å². The Labute approximate surface area is 141 Å². The molecule has 7 nitrogen and oxygen atoms in total. The molecule has 1 aliphatic heterocycles. The van der Waals surface area contributed by atoms with Crippen molar-refractivity contribution >= 4 is 27.6 Å². The van der Waals surface area contributed by atoms with Gasteiger partial charge in [0.2, 0.25) is 15.9 Å². The molecule has 1 heterocycles. The van der Waals surface area contributed by atoms with Crippen LogP contribution in [0, 0.1) is 0 Å². The zero-order valence-corrected chi connectivity index (χ0v) is 14.4. The summed E-state index contributed by atoms with van der Waals surface area (Å²) in [6.45, 7) is 2.17. The molecule has 0 aromatic heterocycles. The number of carbonyl (C=O) groups excluding carboxylic acids is 1. The van der Waals surface area contributed by atoms with Gasteiger partial charge in [-0.15, -0.1) is 0 Å². The minimum Gasteiger partial charge on any atom is -0.481 e. The third-order valence-corrected chi connectivity index (χ3v) is 5.98. The Kier molecular flexibility index (Phi) is 5.95. The molecule has 2 rings (SSSR count). The van der Waals surface area contributed by atoms with Gasteiger partial charge >= 0.3 is 5.97 Å². The number of carboxylic acids is 1. The van der Waals surface area contributed by atoms with Crippen LogP contribution in [0.4, 0.5) is 5.69 Å².